The Bertz CT molecular complexity index is 986. The molecule has 5 heteroatoms. The Kier molecular flexibility index (Phi) is 5.38. The summed E-state index contributed by atoms with van der Waals surface area (Å²) in [5, 5.41) is 9.50. The highest BCUT2D eigenvalue weighted by Crippen LogP contribution is 2.44. The summed E-state index contributed by atoms with van der Waals surface area (Å²) in [6.07, 6.45) is 3.33. The Morgan fingerprint density at radius 1 is 0.966 bits per heavy atom. The molecule has 1 heterocycles. The van der Waals surface area contributed by atoms with Gasteiger partial charge >= 0.3 is 11.9 Å². The molecule has 4 rings (SSSR count). The van der Waals surface area contributed by atoms with E-state index in [0.29, 0.717) is 0 Å². The predicted octanol–water partition coefficient (Wildman–Crippen LogP) is 4.07. The average molecular weight is 387 g/mol. The van der Waals surface area contributed by atoms with Crippen molar-refractivity contribution in [3.8, 4) is 11.1 Å². The Hall–Kier alpha value is -3.47. The van der Waals surface area contributed by atoms with E-state index in [9.17, 15) is 14.7 Å². The minimum absolute atomic E-state index is 0.0343. The summed E-state index contributed by atoms with van der Waals surface area (Å²) in [6, 6.07) is 19.8. The number of esters is 1. The Labute approximate surface area is 169 Å². The molecule has 0 bridgehead atoms. The second kappa shape index (κ2) is 8.27. The molecule has 1 aliphatic rings. The number of carboxylic acid groups (broad SMARTS) is 1. The minimum Gasteiger partial charge on any atom is -0.481 e. The summed E-state index contributed by atoms with van der Waals surface area (Å²) in [5.41, 5.74) is 5.36. The highest BCUT2D eigenvalue weighted by molar-refractivity contribution is 5.80. The molecule has 1 aliphatic carbocycles. The highest BCUT2D eigenvalue weighted by Gasteiger charge is 2.30. The number of hydrogen-bond donors (Lipinski definition) is 1. The van der Waals surface area contributed by atoms with Gasteiger partial charge < -0.3 is 9.84 Å². The van der Waals surface area contributed by atoms with Crippen molar-refractivity contribution in [1.82, 2.24) is 4.98 Å². The molecule has 0 unspecified atom stereocenters. The molecule has 1 N–H and O–H groups in total. The van der Waals surface area contributed by atoms with Crippen LogP contribution in [0.1, 0.15) is 29.0 Å². The third-order valence-electron chi connectivity index (χ3n) is 5.34. The van der Waals surface area contributed by atoms with Gasteiger partial charge in [0.05, 0.1) is 12.3 Å². The normalized spacial score (nSPS) is 13.4. The van der Waals surface area contributed by atoms with Crippen LogP contribution in [0.4, 0.5) is 0 Å². The molecule has 0 saturated carbocycles. The molecule has 1 aromatic heterocycles. The number of pyridine rings is 1. The number of carbonyl (C=O) groups is 2. The lowest BCUT2D eigenvalue weighted by molar-refractivity contribution is -0.151. The van der Waals surface area contributed by atoms with Gasteiger partial charge in [0.25, 0.3) is 0 Å². The van der Waals surface area contributed by atoms with E-state index in [1.165, 1.54) is 0 Å². The number of benzene rings is 2. The van der Waals surface area contributed by atoms with E-state index in [4.69, 9.17) is 4.74 Å². The second-order valence-electron chi connectivity index (χ2n) is 7.21. The molecule has 0 amide bonds. The van der Waals surface area contributed by atoms with Gasteiger partial charge in [-0.1, -0.05) is 54.6 Å². The van der Waals surface area contributed by atoms with E-state index < -0.39 is 17.9 Å². The van der Waals surface area contributed by atoms with Crippen LogP contribution in [0, 0.1) is 5.92 Å². The fourth-order valence-corrected chi connectivity index (χ4v) is 3.93. The topological polar surface area (TPSA) is 76.5 Å². The Morgan fingerprint density at radius 2 is 1.62 bits per heavy atom. The standard InChI is InChI=1S/C24H21NO4/c26-23(13-17(24(27)28)12-16-6-5-11-25-14-16)29-15-22-20-9-3-1-7-18(20)19-8-2-4-10-21(19)22/h1-11,14,17,22H,12-13,15H2,(H,27,28)/t17-/m0/s1. The predicted molar refractivity (Wildman–Crippen MR) is 108 cm³/mol. The molecule has 0 fully saturated rings. The van der Waals surface area contributed by atoms with E-state index in [1.807, 2.05) is 24.3 Å². The first kappa shape index (κ1) is 18.9. The first-order chi connectivity index (χ1) is 14.1. The summed E-state index contributed by atoms with van der Waals surface area (Å²) < 4.78 is 5.54. The molecular weight excluding hydrogens is 366 g/mol. The Balaban J connectivity index is 1.43. The minimum atomic E-state index is -1.01. The summed E-state index contributed by atoms with van der Waals surface area (Å²) in [4.78, 5) is 28.0. The molecule has 5 nitrogen and oxygen atoms in total. The van der Waals surface area contributed by atoms with Crippen molar-refractivity contribution in [2.24, 2.45) is 5.92 Å². The third kappa shape index (κ3) is 4.04. The molecule has 0 saturated heterocycles. The van der Waals surface area contributed by atoms with Crippen molar-refractivity contribution in [3.05, 3.63) is 89.7 Å². The van der Waals surface area contributed by atoms with Gasteiger partial charge in [-0.25, -0.2) is 0 Å². The molecule has 2 aromatic carbocycles. The van der Waals surface area contributed by atoms with E-state index in [1.54, 1.807) is 24.5 Å². The summed E-state index contributed by atoms with van der Waals surface area (Å²) in [5.74, 6) is -2.38. The molecule has 0 aliphatic heterocycles. The number of carbonyl (C=O) groups excluding carboxylic acids is 1. The van der Waals surface area contributed by atoms with Crippen LogP contribution in [0.25, 0.3) is 11.1 Å². The molecule has 146 valence electrons. The molecule has 0 spiro atoms. The number of fused-ring (bicyclic) bond motifs is 3. The van der Waals surface area contributed by atoms with Crippen LogP contribution in [-0.4, -0.2) is 28.6 Å². The van der Waals surface area contributed by atoms with Gasteiger partial charge in [-0.15, -0.1) is 0 Å². The van der Waals surface area contributed by atoms with Crippen LogP contribution in [-0.2, 0) is 20.7 Å². The summed E-state index contributed by atoms with van der Waals surface area (Å²) in [7, 11) is 0. The molecule has 1 atom stereocenters. The van der Waals surface area contributed by atoms with E-state index in [-0.39, 0.29) is 25.4 Å². The lowest BCUT2D eigenvalue weighted by atomic mass is 9.97. The van der Waals surface area contributed by atoms with Crippen molar-refractivity contribution >= 4 is 11.9 Å². The first-order valence-electron chi connectivity index (χ1n) is 9.59. The highest BCUT2D eigenvalue weighted by atomic mass is 16.5. The fourth-order valence-electron chi connectivity index (χ4n) is 3.93. The zero-order chi connectivity index (χ0) is 20.2. The summed E-state index contributed by atoms with van der Waals surface area (Å²) in [6.45, 7) is 0.200. The lowest BCUT2D eigenvalue weighted by Gasteiger charge is -2.16. The zero-order valence-electron chi connectivity index (χ0n) is 15.8. The van der Waals surface area contributed by atoms with Gasteiger partial charge in [-0.3, -0.25) is 14.6 Å². The number of carboxylic acids is 1. The van der Waals surface area contributed by atoms with Crippen LogP contribution < -0.4 is 0 Å². The van der Waals surface area contributed by atoms with E-state index in [2.05, 4.69) is 29.2 Å². The van der Waals surface area contributed by atoms with Crippen molar-refractivity contribution in [2.45, 2.75) is 18.8 Å². The molecular formula is C24H21NO4. The van der Waals surface area contributed by atoms with Crippen LogP contribution in [0.3, 0.4) is 0 Å². The first-order valence-corrected chi connectivity index (χ1v) is 9.59. The van der Waals surface area contributed by atoms with Crippen molar-refractivity contribution < 1.29 is 19.4 Å². The van der Waals surface area contributed by atoms with Gasteiger partial charge in [-0.2, -0.15) is 0 Å². The second-order valence-corrected chi connectivity index (χ2v) is 7.21. The number of hydrogen-bond acceptors (Lipinski definition) is 4. The van der Waals surface area contributed by atoms with Crippen molar-refractivity contribution in [2.75, 3.05) is 6.61 Å². The number of aromatic nitrogens is 1. The maximum absolute atomic E-state index is 12.4. The van der Waals surface area contributed by atoms with Crippen molar-refractivity contribution in [3.63, 3.8) is 0 Å². The zero-order valence-corrected chi connectivity index (χ0v) is 15.8. The van der Waals surface area contributed by atoms with Gasteiger partial charge in [0, 0.05) is 18.3 Å². The largest absolute Gasteiger partial charge is 0.481 e. The monoisotopic (exact) mass is 387 g/mol. The molecule has 29 heavy (non-hydrogen) atoms. The van der Waals surface area contributed by atoms with E-state index >= 15 is 0 Å². The maximum atomic E-state index is 12.4. The number of ether oxygens (including phenoxy) is 1. The van der Waals surface area contributed by atoms with Crippen molar-refractivity contribution in [1.29, 1.82) is 0 Å². The van der Waals surface area contributed by atoms with Gasteiger partial charge in [0.15, 0.2) is 0 Å². The smallest absolute Gasteiger partial charge is 0.307 e. The number of rotatable bonds is 7. The molecule has 3 aromatic rings. The SMILES string of the molecule is O=C(C[C@H](Cc1cccnc1)C(=O)O)OCC1c2ccccc2-c2ccccc21. The van der Waals surface area contributed by atoms with Crippen LogP contribution >= 0.6 is 0 Å². The maximum Gasteiger partial charge on any atom is 0.307 e. The third-order valence-corrected chi connectivity index (χ3v) is 5.34. The lowest BCUT2D eigenvalue weighted by Crippen LogP contribution is -2.22. The van der Waals surface area contributed by atoms with Gasteiger partial charge in [-0.05, 0) is 40.3 Å². The van der Waals surface area contributed by atoms with Crippen LogP contribution in [0.2, 0.25) is 0 Å². The number of aliphatic carboxylic acids is 1. The van der Waals surface area contributed by atoms with Gasteiger partial charge in [0.1, 0.15) is 6.61 Å². The average Bonchev–Trinajstić information content (AvgIpc) is 3.06. The van der Waals surface area contributed by atoms with Crippen LogP contribution in [0.5, 0.6) is 0 Å². The molecule has 0 radical (unpaired) electrons. The number of nitrogens with zero attached hydrogens (tertiary/aromatic N) is 1. The van der Waals surface area contributed by atoms with Crippen LogP contribution in [0.15, 0.2) is 73.1 Å². The Morgan fingerprint density at radius 3 is 2.21 bits per heavy atom. The summed E-state index contributed by atoms with van der Waals surface area (Å²) >= 11 is 0. The quantitative estimate of drug-likeness (QED) is 0.619. The van der Waals surface area contributed by atoms with E-state index in [0.717, 1.165) is 27.8 Å². The van der Waals surface area contributed by atoms with Gasteiger partial charge in [0.2, 0.25) is 0 Å². The fraction of sp³-hybridized carbons (Fsp3) is 0.208.